The molecule has 78 valence electrons. The zero-order valence-electron chi connectivity index (χ0n) is 9.07. The van der Waals surface area contributed by atoms with Gasteiger partial charge >= 0.3 is 0 Å². The smallest absolute Gasteiger partial charge is 0.205 e. The number of rotatable bonds is 1. The van der Waals surface area contributed by atoms with Gasteiger partial charge in [0.05, 0.1) is 0 Å². The molecule has 0 aliphatic heterocycles. The molecule has 0 aliphatic carbocycles. The van der Waals surface area contributed by atoms with Gasteiger partial charge in [-0.3, -0.25) is 0 Å². The summed E-state index contributed by atoms with van der Waals surface area (Å²) in [5.74, 6) is 0. The molecular weight excluding hydrogens is 182 g/mol. The Morgan fingerprint density at radius 3 is 2.14 bits per heavy atom. The first-order valence-corrected chi connectivity index (χ1v) is 4.71. The van der Waals surface area contributed by atoms with Crippen LogP contribution in [0.3, 0.4) is 0 Å². The van der Waals surface area contributed by atoms with Gasteiger partial charge in [0.25, 0.3) is 6.43 Å². The van der Waals surface area contributed by atoms with Gasteiger partial charge in [-0.05, 0) is 29.5 Å². The third kappa shape index (κ3) is 2.31. The first kappa shape index (κ1) is 11.2. The summed E-state index contributed by atoms with van der Waals surface area (Å²) >= 11 is 0. The van der Waals surface area contributed by atoms with Crippen molar-refractivity contribution >= 4 is 0 Å². The summed E-state index contributed by atoms with van der Waals surface area (Å²) in [7, 11) is 0. The van der Waals surface area contributed by atoms with Crippen LogP contribution in [-0.2, 0) is 5.41 Å². The summed E-state index contributed by atoms with van der Waals surface area (Å²) in [4.78, 5) is 0. The molecule has 0 atom stereocenters. The van der Waals surface area contributed by atoms with Gasteiger partial charge in [-0.25, -0.2) is 8.78 Å². The third-order valence-corrected chi connectivity index (χ3v) is 2.38. The quantitative estimate of drug-likeness (QED) is 0.633. The van der Waals surface area contributed by atoms with Crippen molar-refractivity contribution in [2.24, 2.45) is 0 Å². The van der Waals surface area contributed by atoms with E-state index in [2.05, 4.69) is 0 Å². The molecule has 0 heterocycles. The highest BCUT2D eigenvalue weighted by Gasteiger charge is 2.17. The molecule has 14 heavy (non-hydrogen) atoms. The van der Waals surface area contributed by atoms with Crippen molar-refractivity contribution in [3.8, 4) is 0 Å². The van der Waals surface area contributed by atoms with Gasteiger partial charge in [0.15, 0.2) is 0 Å². The lowest BCUT2D eigenvalue weighted by Crippen LogP contribution is -2.11. The number of aryl methyl sites for hydroxylation is 1. The van der Waals surface area contributed by atoms with Crippen LogP contribution in [0.25, 0.3) is 0 Å². The van der Waals surface area contributed by atoms with Crippen molar-refractivity contribution in [3.63, 3.8) is 0 Å². The van der Waals surface area contributed by atoms with Gasteiger partial charge in [0.1, 0.15) is 0 Å². The lowest BCUT2D eigenvalue weighted by molar-refractivity contribution is 0.150. The predicted molar refractivity (Wildman–Crippen MR) is 54.8 cm³/mol. The van der Waals surface area contributed by atoms with E-state index in [0.717, 1.165) is 5.56 Å². The Balaban J connectivity index is 3.20. The zero-order valence-corrected chi connectivity index (χ0v) is 9.07. The second-order valence-corrected chi connectivity index (χ2v) is 4.62. The standard InChI is InChI=1S/C12H16F2/c1-8-5-6-9(12(2,3)4)7-10(8)11(13)14/h5-7,11H,1-4H3. The fourth-order valence-electron chi connectivity index (χ4n) is 1.34. The molecule has 0 amide bonds. The first-order chi connectivity index (χ1) is 6.32. The van der Waals surface area contributed by atoms with Crippen LogP contribution in [0.5, 0.6) is 0 Å². The number of hydrogen-bond donors (Lipinski definition) is 0. The molecule has 2 heteroatoms. The Morgan fingerprint density at radius 2 is 1.71 bits per heavy atom. The molecule has 1 rings (SSSR count). The molecule has 0 radical (unpaired) electrons. The van der Waals surface area contributed by atoms with Crippen molar-refractivity contribution in [2.75, 3.05) is 0 Å². The molecule has 0 aromatic heterocycles. The average Bonchev–Trinajstić information content (AvgIpc) is 2.02. The largest absolute Gasteiger partial charge is 0.264 e. The van der Waals surface area contributed by atoms with Gasteiger partial charge in [-0.15, -0.1) is 0 Å². The molecule has 0 N–H and O–H groups in total. The van der Waals surface area contributed by atoms with Gasteiger partial charge in [-0.2, -0.15) is 0 Å². The van der Waals surface area contributed by atoms with Crippen LogP contribution in [0.1, 0.15) is 43.9 Å². The highest BCUT2D eigenvalue weighted by Crippen LogP contribution is 2.29. The SMILES string of the molecule is Cc1ccc(C(C)(C)C)cc1C(F)F. The minimum absolute atomic E-state index is 0.0721. The van der Waals surface area contributed by atoms with E-state index in [1.807, 2.05) is 26.8 Å². The van der Waals surface area contributed by atoms with Crippen molar-refractivity contribution in [3.05, 3.63) is 34.9 Å². The van der Waals surface area contributed by atoms with Gasteiger partial charge in [0.2, 0.25) is 0 Å². The maximum atomic E-state index is 12.6. The monoisotopic (exact) mass is 198 g/mol. The van der Waals surface area contributed by atoms with Crippen molar-refractivity contribution in [1.29, 1.82) is 0 Å². The molecule has 0 fully saturated rings. The fraction of sp³-hybridized carbons (Fsp3) is 0.500. The van der Waals surface area contributed by atoms with Gasteiger partial charge in [-0.1, -0.05) is 32.9 Å². The van der Waals surface area contributed by atoms with Crippen LogP contribution in [0, 0.1) is 6.92 Å². The van der Waals surface area contributed by atoms with Crippen LogP contribution >= 0.6 is 0 Å². The summed E-state index contributed by atoms with van der Waals surface area (Å²) in [6.07, 6.45) is -2.38. The van der Waals surface area contributed by atoms with E-state index in [1.165, 1.54) is 0 Å². The molecule has 0 spiro atoms. The lowest BCUT2D eigenvalue weighted by atomic mass is 9.85. The molecule has 0 saturated carbocycles. The lowest BCUT2D eigenvalue weighted by Gasteiger charge is -2.20. The topological polar surface area (TPSA) is 0 Å². The molecule has 0 nitrogen and oxygen atoms in total. The first-order valence-electron chi connectivity index (χ1n) is 4.71. The summed E-state index contributed by atoms with van der Waals surface area (Å²) in [6.45, 7) is 7.78. The number of halogens is 2. The summed E-state index contributed by atoms with van der Waals surface area (Å²) in [6, 6.07) is 5.29. The fourth-order valence-corrected chi connectivity index (χ4v) is 1.34. The van der Waals surface area contributed by atoms with Crippen molar-refractivity contribution in [1.82, 2.24) is 0 Å². The van der Waals surface area contributed by atoms with Gasteiger partial charge < -0.3 is 0 Å². The number of alkyl halides is 2. The second-order valence-electron chi connectivity index (χ2n) is 4.62. The van der Waals surface area contributed by atoms with Crippen LogP contribution in [0.2, 0.25) is 0 Å². The Bertz CT molecular complexity index is 322. The van der Waals surface area contributed by atoms with Crippen LogP contribution in [-0.4, -0.2) is 0 Å². The van der Waals surface area contributed by atoms with E-state index in [9.17, 15) is 8.78 Å². The van der Waals surface area contributed by atoms with E-state index in [0.29, 0.717) is 5.56 Å². The van der Waals surface area contributed by atoms with Crippen LogP contribution < -0.4 is 0 Å². The van der Waals surface area contributed by atoms with Crippen molar-refractivity contribution < 1.29 is 8.78 Å². The molecule has 1 aromatic rings. The molecule has 1 aromatic carbocycles. The minimum Gasteiger partial charge on any atom is -0.205 e. The van der Waals surface area contributed by atoms with Gasteiger partial charge in [0, 0.05) is 5.56 Å². The van der Waals surface area contributed by atoms with E-state index >= 15 is 0 Å². The summed E-state index contributed by atoms with van der Waals surface area (Å²) < 4.78 is 25.2. The highest BCUT2D eigenvalue weighted by atomic mass is 19.3. The van der Waals surface area contributed by atoms with E-state index in [1.54, 1.807) is 19.1 Å². The molecule has 0 saturated heterocycles. The average molecular weight is 198 g/mol. The molecule has 0 unspecified atom stereocenters. The summed E-state index contributed by atoms with van der Waals surface area (Å²) in [5, 5.41) is 0. The maximum Gasteiger partial charge on any atom is 0.264 e. The van der Waals surface area contributed by atoms with Crippen molar-refractivity contribution in [2.45, 2.75) is 39.5 Å². The molecule has 0 bridgehead atoms. The van der Waals surface area contributed by atoms with E-state index < -0.39 is 6.43 Å². The maximum absolute atomic E-state index is 12.6. The summed E-state index contributed by atoms with van der Waals surface area (Å²) in [5.41, 5.74) is 1.70. The minimum atomic E-state index is -2.38. The molecule has 0 aliphatic rings. The predicted octanol–water partition coefficient (Wildman–Crippen LogP) is 4.23. The number of benzene rings is 1. The Morgan fingerprint density at radius 1 is 1.14 bits per heavy atom. The normalized spacial score (nSPS) is 12.2. The number of hydrogen-bond acceptors (Lipinski definition) is 0. The van der Waals surface area contributed by atoms with Crippen LogP contribution in [0.15, 0.2) is 18.2 Å². The van der Waals surface area contributed by atoms with E-state index in [-0.39, 0.29) is 11.0 Å². The third-order valence-electron chi connectivity index (χ3n) is 2.38. The molecular formula is C12H16F2. The Kier molecular flexibility index (Phi) is 2.93. The second kappa shape index (κ2) is 3.68. The zero-order chi connectivity index (χ0) is 10.9. The van der Waals surface area contributed by atoms with E-state index in [4.69, 9.17) is 0 Å². The Labute approximate surface area is 84.0 Å². The Hall–Kier alpha value is -0.920. The highest BCUT2D eigenvalue weighted by molar-refractivity contribution is 5.35. The van der Waals surface area contributed by atoms with Crippen LogP contribution in [0.4, 0.5) is 8.78 Å².